The number of nitrogens with zero attached hydrogens (tertiary/aromatic N) is 2. The molecule has 0 bridgehead atoms. The molecule has 146 valence electrons. The third kappa shape index (κ3) is 5.11. The maximum atomic E-state index is 12.7. The van der Waals surface area contributed by atoms with Crippen LogP contribution in [0.2, 0.25) is 0 Å². The summed E-state index contributed by atoms with van der Waals surface area (Å²) >= 11 is 0. The number of hydrogen-bond donors (Lipinski definition) is 2. The van der Waals surface area contributed by atoms with Gasteiger partial charge >= 0.3 is 0 Å². The Balaban J connectivity index is 1.45. The number of nitrogens with one attached hydrogen (secondary N) is 2. The molecule has 2 heterocycles. The normalized spacial score (nSPS) is 17.0. The Bertz CT molecular complexity index is 827. The lowest BCUT2D eigenvalue weighted by atomic mass is 9.98. The van der Waals surface area contributed by atoms with E-state index in [1.54, 1.807) is 48.1 Å². The fourth-order valence-corrected chi connectivity index (χ4v) is 4.63. The van der Waals surface area contributed by atoms with Crippen LogP contribution in [-0.2, 0) is 16.6 Å². The van der Waals surface area contributed by atoms with Gasteiger partial charge in [-0.15, -0.1) is 0 Å². The highest BCUT2D eigenvalue weighted by molar-refractivity contribution is 7.89. The van der Waals surface area contributed by atoms with E-state index in [-0.39, 0.29) is 0 Å². The first-order valence-corrected chi connectivity index (χ1v) is 10.5. The van der Waals surface area contributed by atoms with Gasteiger partial charge in [0.1, 0.15) is 0 Å². The van der Waals surface area contributed by atoms with E-state index < -0.39 is 10.0 Å². The summed E-state index contributed by atoms with van der Waals surface area (Å²) in [6.07, 6.45) is 5.00. The van der Waals surface area contributed by atoms with Gasteiger partial charge in [-0.1, -0.05) is 18.2 Å². The maximum absolute atomic E-state index is 12.7. The van der Waals surface area contributed by atoms with Crippen molar-refractivity contribution in [3.63, 3.8) is 0 Å². The minimum absolute atomic E-state index is 0.366. The number of aliphatic imine (C=N–C) groups is 1. The van der Waals surface area contributed by atoms with E-state index in [1.807, 2.05) is 12.1 Å². The van der Waals surface area contributed by atoms with E-state index in [0.717, 1.165) is 30.9 Å². The number of sulfonamides is 1. The fourth-order valence-electron chi connectivity index (χ4n) is 3.14. The van der Waals surface area contributed by atoms with Crippen LogP contribution in [0.25, 0.3) is 0 Å². The number of piperidine rings is 1. The molecule has 1 aromatic heterocycles. The second kappa shape index (κ2) is 9.05. The average molecular weight is 391 g/mol. The molecular formula is C19H26N4O3S. The van der Waals surface area contributed by atoms with Crippen molar-refractivity contribution in [1.29, 1.82) is 0 Å². The number of benzene rings is 1. The van der Waals surface area contributed by atoms with Crippen molar-refractivity contribution < 1.29 is 12.8 Å². The molecule has 0 aliphatic carbocycles. The molecule has 0 atom stereocenters. The van der Waals surface area contributed by atoms with Crippen LogP contribution in [0.15, 0.2) is 63.2 Å². The number of rotatable bonds is 6. The molecule has 0 radical (unpaired) electrons. The lowest BCUT2D eigenvalue weighted by Gasteiger charge is -2.31. The molecule has 1 aliphatic heterocycles. The van der Waals surface area contributed by atoms with Gasteiger partial charge in [-0.2, -0.15) is 4.31 Å². The average Bonchev–Trinajstić information content (AvgIpc) is 3.23. The molecule has 7 nitrogen and oxygen atoms in total. The molecule has 1 aliphatic rings. The van der Waals surface area contributed by atoms with Crippen LogP contribution >= 0.6 is 0 Å². The maximum Gasteiger partial charge on any atom is 0.243 e. The summed E-state index contributed by atoms with van der Waals surface area (Å²) in [7, 11) is -1.65. The van der Waals surface area contributed by atoms with E-state index in [4.69, 9.17) is 4.42 Å². The van der Waals surface area contributed by atoms with Gasteiger partial charge in [0.05, 0.1) is 17.4 Å². The summed E-state index contributed by atoms with van der Waals surface area (Å²) in [6, 6.07) is 10.5. The number of guanidine groups is 1. The highest BCUT2D eigenvalue weighted by atomic mass is 32.2. The van der Waals surface area contributed by atoms with Gasteiger partial charge in [-0.05, 0) is 37.0 Å². The van der Waals surface area contributed by atoms with Gasteiger partial charge in [0, 0.05) is 38.8 Å². The molecule has 0 amide bonds. The van der Waals surface area contributed by atoms with Crippen molar-refractivity contribution in [1.82, 2.24) is 14.9 Å². The zero-order chi connectivity index (χ0) is 19.1. The first-order chi connectivity index (χ1) is 13.1. The third-order valence-corrected chi connectivity index (χ3v) is 6.69. The summed E-state index contributed by atoms with van der Waals surface area (Å²) in [5.41, 5.74) is 1.05. The summed E-state index contributed by atoms with van der Waals surface area (Å²) in [5, 5.41) is 6.57. The molecule has 2 aromatic rings. The van der Waals surface area contributed by atoms with E-state index >= 15 is 0 Å². The van der Waals surface area contributed by atoms with Gasteiger partial charge in [-0.25, -0.2) is 8.42 Å². The zero-order valence-corrected chi connectivity index (χ0v) is 16.3. The molecular weight excluding hydrogens is 364 g/mol. The quantitative estimate of drug-likeness (QED) is 0.582. The molecule has 0 saturated carbocycles. The molecule has 1 saturated heterocycles. The van der Waals surface area contributed by atoms with Crippen LogP contribution in [0.3, 0.4) is 0 Å². The largest absolute Gasteiger partial charge is 0.472 e. The Kier molecular flexibility index (Phi) is 6.52. The van der Waals surface area contributed by atoms with Crippen molar-refractivity contribution >= 4 is 16.0 Å². The second-order valence-electron chi connectivity index (χ2n) is 6.60. The van der Waals surface area contributed by atoms with Crippen molar-refractivity contribution in [2.75, 3.05) is 26.7 Å². The van der Waals surface area contributed by atoms with E-state index in [9.17, 15) is 8.42 Å². The summed E-state index contributed by atoms with van der Waals surface area (Å²) in [6.45, 7) is 2.50. The standard InChI is InChI=1S/C19H26N4O3S/c1-20-19(22-14-17-9-12-26-15-17)21-13-16-7-10-23(11-8-16)27(24,25)18-5-3-2-4-6-18/h2-6,9,12,15-16H,7-8,10-11,13-14H2,1H3,(H2,20,21,22). The zero-order valence-electron chi connectivity index (χ0n) is 15.5. The van der Waals surface area contributed by atoms with E-state index in [2.05, 4.69) is 15.6 Å². The predicted molar refractivity (Wildman–Crippen MR) is 105 cm³/mol. The lowest BCUT2D eigenvalue weighted by molar-refractivity contribution is 0.273. The summed E-state index contributed by atoms with van der Waals surface area (Å²) in [5.74, 6) is 1.15. The van der Waals surface area contributed by atoms with Crippen LogP contribution in [0, 0.1) is 5.92 Å². The second-order valence-corrected chi connectivity index (χ2v) is 8.54. The monoisotopic (exact) mass is 390 g/mol. The van der Waals surface area contributed by atoms with E-state index in [1.165, 1.54) is 0 Å². The minimum Gasteiger partial charge on any atom is -0.472 e. The molecule has 8 heteroatoms. The summed E-state index contributed by atoms with van der Waals surface area (Å²) < 4.78 is 32.0. The Morgan fingerprint density at radius 2 is 1.93 bits per heavy atom. The Hall–Kier alpha value is -2.32. The van der Waals surface area contributed by atoms with Crippen LogP contribution < -0.4 is 10.6 Å². The van der Waals surface area contributed by atoms with Crippen LogP contribution in [0.4, 0.5) is 0 Å². The minimum atomic E-state index is -3.39. The van der Waals surface area contributed by atoms with Crippen molar-refractivity contribution in [2.45, 2.75) is 24.3 Å². The molecule has 3 rings (SSSR count). The van der Waals surface area contributed by atoms with Crippen LogP contribution in [-0.4, -0.2) is 45.4 Å². The number of hydrogen-bond acceptors (Lipinski definition) is 4. The fraction of sp³-hybridized carbons (Fsp3) is 0.421. The first-order valence-electron chi connectivity index (χ1n) is 9.10. The molecule has 27 heavy (non-hydrogen) atoms. The molecule has 2 N–H and O–H groups in total. The number of furan rings is 1. The van der Waals surface area contributed by atoms with E-state index in [0.29, 0.717) is 30.4 Å². The van der Waals surface area contributed by atoms with Gasteiger partial charge in [0.25, 0.3) is 0 Å². The molecule has 1 aromatic carbocycles. The Labute approximate surface area is 160 Å². The van der Waals surface area contributed by atoms with Crippen molar-refractivity contribution in [3.05, 3.63) is 54.5 Å². The first kappa shape index (κ1) is 19.4. The van der Waals surface area contributed by atoms with Crippen LogP contribution in [0.1, 0.15) is 18.4 Å². The topological polar surface area (TPSA) is 86.9 Å². The van der Waals surface area contributed by atoms with Gasteiger partial charge in [0.2, 0.25) is 10.0 Å². The van der Waals surface area contributed by atoms with Gasteiger partial charge < -0.3 is 15.1 Å². The Morgan fingerprint density at radius 1 is 1.19 bits per heavy atom. The molecule has 1 fully saturated rings. The molecule has 0 unspecified atom stereocenters. The predicted octanol–water partition coefficient (Wildman–Crippen LogP) is 2.05. The lowest BCUT2D eigenvalue weighted by Crippen LogP contribution is -2.44. The third-order valence-electron chi connectivity index (χ3n) is 4.78. The summed E-state index contributed by atoms with van der Waals surface area (Å²) in [4.78, 5) is 4.59. The van der Waals surface area contributed by atoms with Crippen molar-refractivity contribution in [3.8, 4) is 0 Å². The highest BCUT2D eigenvalue weighted by Crippen LogP contribution is 2.23. The molecule has 0 spiro atoms. The van der Waals surface area contributed by atoms with Gasteiger partial charge in [-0.3, -0.25) is 4.99 Å². The highest BCUT2D eigenvalue weighted by Gasteiger charge is 2.29. The van der Waals surface area contributed by atoms with Crippen molar-refractivity contribution in [2.24, 2.45) is 10.9 Å². The SMILES string of the molecule is CN=C(NCc1ccoc1)NCC1CCN(S(=O)(=O)c2ccccc2)CC1. The Morgan fingerprint density at radius 3 is 2.56 bits per heavy atom. The van der Waals surface area contributed by atoms with Gasteiger partial charge in [0.15, 0.2) is 5.96 Å². The van der Waals surface area contributed by atoms with Crippen LogP contribution in [0.5, 0.6) is 0 Å². The smallest absolute Gasteiger partial charge is 0.243 e.